The van der Waals surface area contributed by atoms with Gasteiger partial charge in [-0.2, -0.15) is 0 Å². The van der Waals surface area contributed by atoms with Crippen LogP contribution in [0, 0.1) is 6.92 Å². The fourth-order valence-electron chi connectivity index (χ4n) is 3.10. The van der Waals surface area contributed by atoms with Crippen molar-refractivity contribution in [3.63, 3.8) is 0 Å². The van der Waals surface area contributed by atoms with Crippen LogP contribution < -0.4 is 5.32 Å². The first-order chi connectivity index (χ1) is 11.8. The maximum Gasteiger partial charge on any atom is 0.0493 e. The minimum atomic E-state index is 0. The molecule has 1 heterocycles. The number of hydrogen-bond acceptors (Lipinski definition) is 1. The fourth-order valence-corrected chi connectivity index (χ4v) is 3.57. The summed E-state index contributed by atoms with van der Waals surface area (Å²) in [6, 6.07) is 14.3. The molecule has 0 fully saturated rings. The smallest absolute Gasteiger partial charge is 0.0493 e. The molecule has 0 saturated carbocycles. The number of fused-ring (bicyclic) bond motifs is 1. The number of rotatable bonds is 4. The summed E-state index contributed by atoms with van der Waals surface area (Å²) in [7, 11) is 0. The van der Waals surface area contributed by atoms with Gasteiger partial charge < -0.3 is 9.88 Å². The average molecular weight is 412 g/mol. The van der Waals surface area contributed by atoms with Crippen molar-refractivity contribution in [2.24, 2.45) is 0 Å². The van der Waals surface area contributed by atoms with E-state index in [4.69, 9.17) is 23.2 Å². The standard InChI is InChI=1S/C21H24Cl2N2.ClH/c1-14-18(12-24-21(2,3)4)17-7-5-6-8-20(17)25(14)13-15-9-10-16(22)11-19(15)23;/h5-11,24H,12-13H2,1-4H3;1H. The minimum Gasteiger partial charge on any atom is -0.340 e. The Balaban J connectivity index is 0.00000243. The van der Waals surface area contributed by atoms with E-state index < -0.39 is 0 Å². The molecule has 1 N–H and O–H groups in total. The first-order valence-corrected chi connectivity index (χ1v) is 9.27. The topological polar surface area (TPSA) is 17.0 Å². The lowest BCUT2D eigenvalue weighted by atomic mass is 10.1. The third kappa shape index (κ3) is 4.55. The van der Waals surface area contributed by atoms with Crippen molar-refractivity contribution >= 4 is 46.5 Å². The van der Waals surface area contributed by atoms with Crippen LogP contribution >= 0.6 is 35.6 Å². The van der Waals surface area contributed by atoms with Gasteiger partial charge in [0, 0.05) is 45.3 Å². The molecule has 0 unspecified atom stereocenters. The first-order valence-electron chi connectivity index (χ1n) is 8.52. The van der Waals surface area contributed by atoms with Gasteiger partial charge in [0.25, 0.3) is 0 Å². The Labute approximate surface area is 171 Å². The van der Waals surface area contributed by atoms with E-state index in [2.05, 4.69) is 61.8 Å². The molecule has 140 valence electrons. The van der Waals surface area contributed by atoms with E-state index in [-0.39, 0.29) is 17.9 Å². The summed E-state index contributed by atoms with van der Waals surface area (Å²) in [4.78, 5) is 0. The molecule has 0 aliphatic rings. The number of benzene rings is 2. The number of para-hydroxylation sites is 1. The van der Waals surface area contributed by atoms with Crippen LogP contribution in [0.4, 0.5) is 0 Å². The molecule has 1 aromatic heterocycles. The summed E-state index contributed by atoms with van der Waals surface area (Å²) in [5.74, 6) is 0. The Morgan fingerprint density at radius 1 is 1.04 bits per heavy atom. The lowest BCUT2D eigenvalue weighted by molar-refractivity contribution is 0.424. The predicted molar refractivity (Wildman–Crippen MR) is 116 cm³/mol. The normalized spacial score (nSPS) is 11.6. The van der Waals surface area contributed by atoms with Gasteiger partial charge in [0.1, 0.15) is 0 Å². The first kappa shape index (κ1) is 21.1. The van der Waals surface area contributed by atoms with Crippen molar-refractivity contribution in [2.45, 2.75) is 46.3 Å². The summed E-state index contributed by atoms with van der Waals surface area (Å²) in [6.07, 6.45) is 0. The third-order valence-electron chi connectivity index (χ3n) is 4.50. The molecule has 0 amide bonds. The molecule has 2 nitrogen and oxygen atoms in total. The second kappa shape index (κ2) is 8.22. The van der Waals surface area contributed by atoms with Crippen LogP contribution in [0.3, 0.4) is 0 Å². The summed E-state index contributed by atoms with van der Waals surface area (Å²) < 4.78 is 2.34. The van der Waals surface area contributed by atoms with Crippen LogP contribution in [-0.4, -0.2) is 10.1 Å². The zero-order chi connectivity index (χ0) is 18.2. The van der Waals surface area contributed by atoms with Gasteiger partial charge in [-0.1, -0.05) is 47.5 Å². The monoisotopic (exact) mass is 410 g/mol. The average Bonchev–Trinajstić information content (AvgIpc) is 2.79. The highest BCUT2D eigenvalue weighted by atomic mass is 35.5. The molecule has 3 rings (SSSR count). The summed E-state index contributed by atoms with van der Waals surface area (Å²) in [6.45, 7) is 10.3. The fraction of sp³-hybridized carbons (Fsp3) is 0.333. The van der Waals surface area contributed by atoms with Crippen LogP contribution in [-0.2, 0) is 13.1 Å². The van der Waals surface area contributed by atoms with Crippen LogP contribution in [0.5, 0.6) is 0 Å². The summed E-state index contributed by atoms with van der Waals surface area (Å²) in [5, 5.41) is 6.28. The minimum absolute atomic E-state index is 0. The molecule has 0 bridgehead atoms. The van der Waals surface area contributed by atoms with E-state index in [1.54, 1.807) is 0 Å². The Bertz CT molecular complexity index is 907. The lowest BCUT2D eigenvalue weighted by Gasteiger charge is -2.20. The van der Waals surface area contributed by atoms with E-state index >= 15 is 0 Å². The molecule has 0 atom stereocenters. The van der Waals surface area contributed by atoms with Crippen LogP contribution in [0.2, 0.25) is 10.0 Å². The number of halogens is 3. The van der Waals surface area contributed by atoms with Crippen molar-refractivity contribution in [3.05, 3.63) is 69.3 Å². The van der Waals surface area contributed by atoms with Crippen molar-refractivity contribution in [1.29, 1.82) is 0 Å². The Morgan fingerprint density at radius 2 is 1.73 bits per heavy atom. The van der Waals surface area contributed by atoms with Gasteiger partial charge in [0.15, 0.2) is 0 Å². The van der Waals surface area contributed by atoms with Crippen molar-refractivity contribution in [1.82, 2.24) is 9.88 Å². The Morgan fingerprint density at radius 3 is 2.38 bits per heavy atom. The maximum atomic E-state index is 6.40. The van der Waals surface area contributed by atoms with Gasteiger partial charge in [0.05, 0.1) is 0 Å². The van der Waals surface area contributed by atoms with E-state index in [1.807, 2.05) is 18.2 Å². The largest absolute Gasteiger partial charge is 0.340 e. The summed E-state index contributed by atoms with van der Waals surface area (Å²) >= 11 is 12.4. The lowest BCUT2D eigenvalue weighted by Crippen LogP contribution is -2.35. The van der Waals surface area contributed by atoms with E-state index in [0.29, 0.717) is 10.0 Å². The Hall–Kier alpha value is -1.19. The SMILES string of the molecule is Cc1c(CNC(C)(C)C)c2ccccc2n1Cc1ccc(Cl)cc1Cl.Cl. The highest BCUT2D eigenvalue weighted by Gasteiger charge is 2.17. The van der Waals surface area contributed by atoms with Crippen LogP contribution in [0.15, 0.2) is 42.5 Å². The maximum absolute atomic E-state index is 6.40. The van der Waals surface area contributed by atoms with Gasteiger partial charge in [-0.05, 0) is 57.0 Å². The zero-order valence-corrected chi connectivity index (χ0v) is 17.9. The van der Waals surface area contributed by atoms with Gasteiger partial charge in [-0.3, -0.25) is 0 Å². The molecule has 3 aromatic rings. The third-order valence-corrected chi connectivity index (χ3v) is 5.09. The number of nitrogens with zero attached hydrogens (tertiary/aromatic N) is 1. The zero-order valence-electron chi connectivity index (χ0n) is 15.6. The number of aromatic nitrogens is 1. The highest BCUT2D eigenvalue weighted by molar-refractivity contribution is 6.35. The molecule has 0 saturated heterocycles. The number of nitrogens with one attached hydrogen (secondary N) is 1. The summed E-state index contributed by atoms with van der Waals surface area (Å²) in [5.41, 5.74) is 5.00. The molecule has 0 spiro atoms. The molecule has 0 radical (unpaired) electrons. The van der Waals surface area contributed by atoms with E-state index in [9.17, 15) is 0 Å². The highest BCUT2D eigenvalue weighted by Crippen LogP contribution is 2.29. The second-order valence-electron chi connectivity index (χ2n) is 7.51. The van der Waals surface area contributed by atoms with Crippen LogP contribution in [0.25, 0.3) is 10.9 Å². The molecule has 0 aliphatic carbocycles. The second-order valence-corrected chi connectivity index (χ2v) is 8.35. The van der Waals surface area contributed by atoms with Crippen molar-refractivity contribution < 1.29 is 0 Å². The predicted octanol–water partition coefficient (Wildman–Crippen LogP) is 6.61. The van der Waals surface area contributed by atoms with Gasteiger partial charge in [-0.15, -0.1) is 12.4 Å². The molecule has 26 heavy (non-hydrogen) atoms. The van der Waals surface area contributed by atoms with Gasteiger partial charge >= 0.3 is 0 Å². The molecular formula is C21H25Cl3N2. The van der Waals surface area contributed by atoms with E-state index in [0.717, 1.165) is 18.7 Å². The van der Waals surface area contributed by atoms with Crippen molar-refractivity contribution in [3.8, 4) is 0 Å². The number of hydrogen-bond donors (Lipinski definition) is 1. The Kier molecular flexibility index (Phi) is 6.68. The molecular weight excluding hydrogens is 387 g/mol. The van der Waals surface area contributed by atoms with E-state index in [1.165, 1.54) is 22.2 Å². The van der Waals surface area contributed by atoms with Gasteiger partial charge in [0.2, 0.25) is 0 Å². The molecule has 2 aromatic carbocycles. The molecule has 5 heteroatoms. The molecule has 0 aliphatic heterocycles. The quantitative estimate of drug-likeness (QED) is 0.511. The van der Waals surface area contributed by atoms with Crippen LogP contribution in [0.1, 0.15) is 37.6 Å². The van der Waals surface area contributed by atoms with Crippen molar-refractivity contribution in [2.75, 3.05) is 0 Å². The van der Waals surface area contributed by atoms with Gasteiger partial charge in [-0.25, -0.2) is 0 Å².